The van der Waals surface area contributed by atoms with Crippen molar-refractivity contribution in [3.63, 3.8) is 0 Å². The molecule has 1 aromatic carbocycles. The summed E-state index contributed by atoms with van der Waals surface area (Å²) in [5.74, 6) is 1.62. The minimum Gasteiger partial charge on any atom is -0.352 e. The monoisotopic (exact) mass is 306 g/mol. The van der Waals surface area contributed by atoms with Gasteiger partial charge < -0.3 is 11.1 Å². The molecule has 0 aliphatic heterocycles. The molecule has 0 aromatic heterocycles. The summed E-state index contributed by atoms with van der Waals surface area (Å²) in [5, 5.41) is 3.29. The van der Waals surface area contributed by atoms with Gasteiger partial charge in [0.1, 0.15) is 0 Å². The number of carbonyl (C=O) groups is 1. The largest absolute Gasteiger partial charge is 0.352 e. The number of hydrogen-bond donors (Lipinski definition) is 2. The van der Waals surface area contributed by atoms with E-state index in [1.165, 1.54) is 11.1 Å². The highest BCUT2D eigenvalue weighted by Gasteiger charge is 2.56. The molecule has 3 N–H and O–H groups in total. The first-order chi connectivity index (χ1) is 9.74. The number of halogens is 1. The fraction of sp³-hybridized carbons (Fsp3) is 0.588. The van der Waals surface area contributed by atoms with Crippen molar-refractivity contribution in [1.82, 2.24) is 5.32 Å². The van der Waals surface area contributed by atoms with E-state index in [4.69, 9.17) is 5.73 Å². The summed E-state index contributed by atoms with van der Waals surface area (Å²) in [5.41, 5.74) is 8.93. The summed E-state index contributed by atoms with van der Waals surface area (Å²) in [6.45, 7) is 0. The van der Waals surface area contributed by atoms with Gasteiger partial charge in [-0.3, -0.25) is 4.79 Å². The van der Waals surface area contributed by atoms with Gasteiger partial charge in [-0.25, -0.2) is 0 Å². The highest BCUT2D eigenvalue weighted by Crippen LogP contribution is 2.56. The summed E-state index contributed by atoms with van der Waals surface area (Å²) in [6.07, 6.45) is 5.18. The van der Waals surface area contributed by atoms with Crippen molar-refractivity contribution < 1.29 is 4.79 Å². The third-order valence-corrected chi connectivity index (χ3v) is 5.43. The third kappa shape index (κ3) is 2.58. The van der Waals surface area contributed by atoms with Crippen LogP contribution >= 0.6 is 12.4 Å². The molecular formula is C17H23ClN2O. The molecule has 2 fully saturated rings. The molecule has 0 saturated heterocycles. The second-order valence-corrected chi connectivity index (χ2v) is 6.75. The van der Waals surface area contributed by atoms with Crippen molar-refractivity contribution >= 4 is 18.3 Å². The lowest BCUT2D eigenvalue weighted by molar-refractivity contribution is -0.126. The summed E-state index contributed by atoms with van der Waals surface area (Å²) in [7, 11) is 0. The lowest BCUT2D eigenvalue weighted by Crippen LogP contribution is -2.39. The number of hydrogen-bond acceptors (Lipinski definition) is 2. The normalized spacial score (nSPS) is 36.1. The predicted octanol–water partition coefficient (Wildman–Crippen LogP) is 2.38. The van der Waals surface area contributed by atoms with Crippen LogP contribution in [-0.2, 0) is 11.2 Å². The highest BCUT2D eigenvalue weighted by molar-refractivity contribution is 5.85. The third-order valence-electron chi connectivity index (χ3n) is 5.43. The fourth-order valence-electron chi connectivity index (χ4n) is 4.30. The van der Waals surface area contributed by atoms with E-state index in [0.717, 1.165) is 32.1 Å². The van der Waals surface area contributed by atoms with E-state index in [-0.39, 0.29) is 30.3 Å². The number of benzene rings is 1. The van der Waals surface area contributed by atoms with Crippen LogP contribution < -0.4 is 11.1 Å². The van der Waals surface area contributed by atoms with Gasteiger partial charge in [0.15, 0.2) is 0 Å². The maximum absolute atomic E-state index is 12.4. The first-order valence-corrected chi connectivity index (χ1v) is 7.88. The Kier molecular flexibility index (Phi) is 3.98. The standard InChI is InChI=1S/C17H22N2O.ClH/c18-12-6-3-5-11(8-12)17(20)19-16-14-9-10-4-1-2-7-13(10)15(14)16;/h1-2,4,7,11-12,14-16H,3,5-6,8-9,18H2,(H,19,20);1H. The molecule has 1 aromatic rings. The van der Waals surface area contributed by atoms with Crippen molar-refractivity contribution in [3.8, 4) is 0 Å². The number of nitrogens with two attached hydrogens (primary N) is 1. The van der Waals surface area contributed by atoms with Gasteiger partial charge in [0, 0.05) is 23.9 Å². The lowest BCUT2D eigenvalue weighted by Gasteiger charge is -2.26. The van der Waals surface area contributed by atoms with Gasteiger partial charge in [0.05, 0.1) is 0 Å². The van der Waals surface area contributed by atoms with Gasteiger partial charge in [-0.05, 0) is 42.7 Å². The molecule has 21 heavy (non-hydrogen) atoms. The Labute approximate surface area is 132 Å². The van der Waals surface area contributed by atoms with Gasteiger partial charge in [-0.1, -0.05) is 30.7 Å². The van der Waals surface area contributed by atoms with Crippen LogP contribution in [0, 0.1) is 11.8 Å². The minimum absolute atomic E-state index is 0. The van der Waals surface area contributed by atoms with Crippen LogP contribution in [0.25, 0.3) is 0 Å². The van der Waals surface area contributed by atoms with Gasteiger partial charge >= 0.3 is 0 Å². The van der Waals surface area contributed by atoms with Gasteiger partial charge in [0.25, 0.3) is 0 Å². The molecule has 0 heterocycles. The van der Waals surface area contributed by atoms with Crippen LogP contribution in [0.15, 0.2) is 24.3 Å². The molecule has 4 rings (SSSR count). The Morgan fingerprint density at radius 2 is 2.05 bits per heavy atom. The second kappa shape index (κ2) is 5.62. The van der Waals surface area contributed by atoms with Crippen molar-refractivity contribution in [2.45, 2.75) is 50.1 Å². The number of nitrogens with one attached hydrogen (secondary N) is 1. The molecule has 0 bridgehead atoms. The van der Waals surface area contributed by atoms with Crippen molar-refractivity contribution in [2.24, 2.45) is 17.6 Å². The van der Waals surface area contributed by atoms with Crippen LogP contribution in [0.4, 0.5) is 0 Å². The van der Waals surface area contributed by atoms with Crippen LogP contribution in [-0.4, -0.2) is 18.0 Å². The number of amides is 1. The molecule has 2 saturated carbocycles. The van der Waals surface area contributed by atoms with E-state index >= 15 is 0 Å². The van der Waals surface area contributed by atoms with E-state index in [1.807, 2.05) is 0 Å². The molecule has 3 aliphatic rings. The zero-order valence-electron chi connectivity index (χ0n) is 12.1. The first-order valence-electron chi connectivity index (χ1n) is 7.88. The maximum atomic E-state index is 12.4. The quantitative estimate of drug-likeness (QED) is 0.881. The molecule has 114 valence electrons. The molecule has 0 spiro atoms. The van der Waals surface area contributed by atoms with Crippen LogP contribution in [0.3, 0.4) is 0 Å². The van der Waals surface area contributed by atoms with Crippen LogP contribution in [0.5, 0.6) is 0 Å². The van der Waals surface area contributed by atoms with Gasteiger partial charge in [0.2, 0.25) is 5.91 Å². The van der Waals surface area contributed by atoms with Crippen molar-refractivity contribution in [2.75, 3.05) is 0 Å². The second-order valence-electron chi connectivity index (χ2n) is 6.75. The number of carbonyl (C=O) groups excluding carboxylic acids is 1. The first kappa shape index (κ1) is 14.9. The Morgan fingerprint density at radius 3 is 2.86 bits per heavy atom. The molecule has 5 unspecified atom stereocenters. The van der Waals surface area contributed by atoms with E-state index in [0.29, 0.717) is 17.9 Å². The Bertz CT molecular complexity index is 547. The van der Waals surface area contributed by atoms with Crippen LogP contribution in [0.2, 0.25) is 0 Å². The van der Waals surface area contributed by atoms with Gasteiger partial charge in [-0.15, -0.1) is 12.4 Å². The number of fused-ring (bicyclic) bond motifs is 3. The summed E-state index contributed by atoms with van der Waals surface area (Å²) in [6, 6.07) is 9.28. The maximum Gasteiger partial charge on any atom is 0.223 e. The summed E-state index contributed by atoms with van der Waals surface area (Å²) >= 11 is 0. The Hall–Kier alpha value is -1.06. The fourth-order valence-corrected chi connectivity index (χ4v) is 4.30. The van der Waals surface area contributed by atoms with Gasteiger partial charge in [-0.2, -0.15) is 0 Å². The molecule has 5 atom stereocenters. The average molecular weight is 307 g/mol. The predicted molar refractivity (Wildman–Crippen MR) is 85.5 cm³/mol. The molecular weight excluding hydrogens is 284 g/mol. The zero-order valence-corrected chi connectivity index (χ0v) is 12.9. The smallest absolute Gasteiger partial charge is 0.223 e. The summed E-state index contributed by atoms with van der Waals surface area (Å²) < 4.78 is 0. The molecule has 3 aliphatic carbocycles. The van der Waals surface area contributed by atoms with Crippen molar-refractivity contribution in [1.29, 1.82) is 0 Å². The number of rotatable bonds is 2. The Balaban J connectivity index is 0.00000132. The molecule has 3 nitrogen and oxygen atoms in total. The van der Waals surface area contributed by atoms with E-state index in [2.05, 4.69) is 29.6 Å². The van der Waals surface area contributed by atoms with Crippen LogP contribution in [0.1, 0.15) is 42.7 Å². The van der Waals surface area contributed by atoms with E-state index < -0.39 is 0 Å². The van der Waals surface area contributed by atoms with E-state index in [9.17, 15) is 4.79 Å². The topological polar surface area (TPSA) is 55.1 Å². The highest BCUT2D eigenvalue weighted by atomic mass is 35.5. The average Bonchev–Trinajstić information content (AvgIpc) is 2.96. The van der Waals surface area contributed by atoms with E-state index in [1.54, 1.807) is 0 Å². The minimum atomic E-state index is 0. The Morgan fingerprint density at radius 1 is 1.24 bits per heavy atom. The molecule has 0 radical (unpaired) electrons. The lowest BCUT2D eigenvalue weighted by atomic mass is 9.85. The summed E-state index contributed by atoms with van der Waals surface area (Å²) in [4.78, 5) is 12.4. The molecule has 1 amide bonds. The zero-order chi connectivity index (χ0) is 13.7. The van der Waals surface area contributed by atoms with Crippen molar-refractivity contribution in [3.05, 3.63) is 35.4 Å². The molecule has 4 heteroatoms. The SMILES string of the molecule is Cl.NC1CCCC(C(=O)NC2C3Cc4ccccc4C32)C1.